The van der Waals surface area contributed by atoms with Gasteiger partial charge in [-0.3, -0.25) is 4.79 Å². The highest BCUT2D eigenvalue weighted by Gasteiger charge is 2.22. The number of unbranched alkanes of at least 4 members (excludes halogenated alkanes) is 2. The highest BCUT2D eigenvalue weighted by atomic mass is 16.5. The number of anilines is 1. The summed E-state index contributed by atoms with van der Waals surface area (Å²) < 4.78 is 6.37. The van der Waals surface area contributed by atoms with E-state index < -0.39 is 0 Å². The molecule has 0 spiro atoms. The summed E-state index contributed by atoms with van der Waals surface area (Å²) in [5.74, 6) is 2.09. The molecule has 3 rings (SSSR count). The Labute approximate surface area is 290 Å². The van der Waals surface area contributed by atoms with Crippen LogP contribution in [0.3, 0.4) is 0 Å². The number of carbonyl (C=O) groups is 1. The van der Waals surface area contributed by atoms with E-state index in [2.05, 4.69) is 70.5 Å². The van der Waals surface area contributed by atoms with Crippen molar-refractivity contribution in [3.05, 3.63) is 90.7 Å². The number of hydrogen-bond donors (Lipinski definition) is 1. The average Bonchev–Trinajstić information content (AvgIpc) is 3.09. The largest absolute Gasteiger partial charge is 0.508 e. The number of allylic oxidation sites excluding steroid dienone is 2. The van der Waals surface area contributed by atoms with E-state index in [0.717, 1.165) is 93.2 Å². The zero-order valence-corrected chi connectivity index (χ0v) is 30.1. The van der Waals surface area contributed by atoms with E-state index in [1.54, 1.807) is 0 Å². The third kappa shape index (κ3) is 11.9. The minimum Gasteiger partial charge on any atom is -0.508 e. The van der Waals surface area contributed by atoms with Gasteiger partial charge in [-0.05, 0) is 97.7 Å². The predicted molar refractivity (Wildman–Crippen MR) is 202 cm³/mol. The van der Waals surface area contributed by atoms with E-state index in [0.29, 0.717) is 49.6 Å². The van der Waals surface area contributed by atoms with Crippen LogP contribution in [-0.2, 0) is 24.1 Å². The van der Waals surface area contributed by atoms with Gasteiger partial charge in [0.1, 0.15) is 11.6 Å². The fraction of sp³-hybridized carbons (Fsp3) is 0.500. The van der Waals surface area contributed by atoms with Crippen LogP contribution in [0.15, 0.2) is 73.9 Å². The lowest BCUT2D eigenvalue weighted by atomic mass is 9.97. The second-order valence-corrected chi connectivity index (χ2v) is 13.3. The molecule has 6 nitrogen and oxygen atoms in total. The van der Waals surface area contributed by atoms with Gasteiger partial charge in [0.2, 0.25) is 0 Å². The monoisotopic (exact) mass is 653 g/mol. The summed E-state index contributed by atoms with van der Waals surface area (Å²) in [6, 6.07) is 12.4. The lowest BCUT2D eigenvalue weighted by Gasteiger charge is -2.30. The highest BCUT2D eigenvalue weighted by molar-refractivity contribution is 5.90. The molecule has 1 N–H and O–H groups in total. The smallest absolute Gasteiger partial charge is 0.318 e. The van der Waals surface area contributed by atoms with Gasteiger partial charge in [0.15, 0.2) is 5.78 Å². The lowest BCUT2D eigenvalue weighted by molar-refractivity contribution is -0.114. The normalized spacial score (nSPS) is 12.4. The number of hydrogen-bond acceptors (Lipinski definition) is 6. The van der Waals surface area contributed by atoms with Crippen LogP contribution in [0.5, 0.6) is 11.8 Å². The molecule has 3 aromatic rings. The van der Waals surface area contributed by atoms with E-state index in [-0.39, 0.29) is 5.78 Å². The van der Waals surface area contributed by atoms with Gasteiger partial charge in [-0.15, -0.1) is 6.58 Å². The first kappa shape index (κ1) is 38.5. The van der Waals surface area contributed by atoms with Crippen molar-refractivity contribution in [3.8, 4) is 11.8 Å². The topological polar surface area (TPSA) is 75.6 Å². The summed E-state index contributed by atoms with van der Waals surface area (Å²) in [7, 11) is 0. The predicted octanol–water partition coefficient (Wildman–Crippen LogP) is 10.2. The molecule has 1 aromatic heterocycles. The molecule has 2 atom stereocenters. The summed E-state index contributed by atoms with van der Waals surface area (Å²) in [5, 5.41) is 12.6. The molecule has 260 valence electrons. The minimum atomic E-state index is -0.00294. The van der Waals surface area contributed by atoms with Crippen LogP contribution in [0.1, 0.15) is 102 Å². The van der Waals surface area contributed by atoms with Gasteiger partial charge in [0.25, 0.3) is 0 Å². The Morgan fingerprint density at radius 2 is 1.83 bits per heavy atom. The minimum absolute atomic E-state index is 0.00294. The molecule has 2 aromatic carbocycles. The molecule has 0 saturated carbocycles. The molecular weight excluding hydrogens is 594 g/mol. The van der Waals surface area contributed by atoms with Gasteiger partial charge in [-0.25, -0.2) is 0 Å². The van der Waals surface area contributed by atoms with Crippen molar-refractivity contribution in [2.24, 2.45) is 11.8 Å². The van der Waals surface area contributed by atoms with E-state index >= 15 is 0 Å². The van der Waals surface area contributed by atoms with Crippen molar-refractivity contribution >= 4 is 22.4 Å². The molecular formula is C42H59N3O3. The quantitative estimate of drug-likeness (QED) is 0.0589. The molecule has 0 unspecified atom stereocenters. The Morgan fingerprint density at radius 1 is 1.06 bits per heavy atom. The molecule has 0 aliphatic heterocycles. The first-order chi connectivity index (χ1) is 23.2. The Bertz CT molecular complexity index is 1500. The van der Waals surface area contributed by atoms with Crippen LogP contribution < -0.4 is 9.64 Å². The third-order valence-electron chi connectivity index (χ3n) is 9.27. The molecule has 0 radical (unpaired) electrons. The van der Waals surface area contributed by atoms with Crippen LogP contribution in [0.2, 0.25) is 0 Å². The standard InChI is InChI=1S/C42H59N3O3/c1-8-13-19-33(18-9-2)30-48-42-43-40(12-5)39(23-17-15-21-35-28-37(47)27-34-20-14-16-22-38(34)35)41(44-42)45(29-31(6)10-3)25-24-32(7)26-36(46)11-4/h9,11,14,16,20,22,27-28,31,33,47H,2,4,7-8,10,12-13,15,17-19,21,23-26,29-30H2,1,3,5-6H3/t31-,33-/m0/s1. The number of phenolic OH excluding ortho intramolecular Hbond substituents is 1. The molecule has 0 saturated heterocycles. The summed E-state index contributed by atoms with van der Waals surface area (Å²) in [5.41, 5.74) is 4.28. The van der Waals surface area contributed by atoms with Crippen LogP contribution in [-0.4, -0.2) is 40.6 Å². The van der Waals surface area contributed by atoms with Gasteiger partial charge < -0.3 is 14.7 Å². The number of phenols is 1. The maximum Gasteiger partial charge on any atom is 0.318 e. The van der Waals surface area contributed by atoms with Gasteiger partial charge in [-0.2, -0.15) is 9.97 Å². The number of benzene rings is 2. The molecule has 48 heavy (non-hydrogen) atoms. The first-order valence-corrected chi connectivity index (χ1v) is 18.1. The van der Waals surface area contributed by atoms with E-state index in [4.69, 9.17) is 14.7 Å². The summed E-state index contributed by atoms with van der Waals surface area (Å²) in [4.78, 5) is 24.6. The van der Waals surface area contributed by atoms with Crippen LogP contribution >= 0.6 is 0 Å². The number of rotatable bonds is 24. The SMILES string of the molecule is C=CC[C@@H](CCCC)COc1nc(CC)c(CCCCc2cc(O)cc3ccccc23)c(N(CCC(=C)CC(=O)C=C)C[C@@H](C)CC)n1. The molecule has 0 bridgehead atoms. The van der Waals surface area contributed by atoms with Gasteiger partial charge in [-0.1, -0.05) is 96.0 Å². The van der Waals surface area contributed by atoms with Gasteiger partial charge >= 0.3 is 6.01 Å². The van der Waals surface area contributed by atoms with Crippen LogP contribution in [0.4, 0.5) is 5.82 Å². The summed E-state index contributed by atoms with van der Waals surface area (Å²) in [6.07, 6.45) is 14.2. The summed E-state index contributed by atoms with van der Waals surface area (Å²) in [6.45, 7) is 22.8. The highest BCUT2D eigenvalue weighted by Crippen LogP contribution is 2.30. The van der Waals surface area contributed by atoms with Crippen molar-refractivity contribution in [2.75, 3.05) is 24.6 Å². The fourth-order valence-electron chi connectivity index (χ4n) is 6.25. The molecule has 0 amide bonds. The molecule has 0 aliphatic rings. The van der Waals surface area contributed by atoms with E-state index in [9.17, 15) is 9.90 Å². The average molecular weight is 654 g/mol. The van der Waals surface area contributed by atoms with Crippen molar-refractivity contribution < 1.29 is 14.6 Å². The first-order valence-electron chi connectivity index (χ1n) is 18.1. The second kappa shape index (κ2) is 20.4. The summed E-state index contributed by atoms with van der Waals surface area (Å²) >= 11 is 0. The van der Waals surface area contributed by atoms with Gasteiger partial charge in [0.05, 0.1) is 12.3 Å². The van der Waals surface area contributed by atoms with E-state index in [1.807, 2.05) is 24.3 Å². The molecule has 6 heteroatoms. The van der Waals surface area contributed by atoms with Crippen molar-refractivity contribution in [1.82, 2.24) is 9.97 Å². The second-order valence-electron chi connectivity index (χ2n) is 13.3. The van der Waals surface area contributed by atoms with E-state index in [1.165, 1.54) is 22.6 Å². The Morgan fingerprint density at radius 3 is 2.54 bits per heavy atom. The zero-order chi connectivity index (χ0) is 34.9. The molecule has 0 aliphatic carbocycles. The van der Waals surface area contributed by atoms with Crippen molar-refractivity contribution in [3.63, 3.8) is 0 Å². The van der Waals surface area contributed by atoms with Crippen molar-refractivity contribution in [2.45, 2.75) is 105 Å². The Hall–Kier alpha value is -3.93. The zero-order valence-electron chi connectivity index (χ0n) is 30.1. The number of aromatic hydroxyl groups is 1. The number of ether oxygens (including phenoxy) is 1. The fourth-order valence-corrected chi connectivity index (χ4v) is 6.25. The van der Waals surface area contributed by atoms with Crippen molar-refractivity contribution in [1.29, 1.82) is 0 Å². The third-order valence-corrected chi connectivity index (χ3v) is 9.27. The maximum absolute atomic E-state index is 12.1. The number of nitrogens with zero attached hydrogens (tertiary/aromatic N) is 3. The molecule has 0 fully saturated rings. The number of ketones is 1. The lowest BCUT2D eigenvalue weighted by Crippen LogP contribution is -2.32. The Kier molecular flexibility index (Phi) is 16.4. The molecule has 1 heterocycles. The number of aryl methyl sites for hydroxylation is 2. The maximum atomic E-state index is 12.1. The van der Waals surface area contributed by atoms with Gasteiger partial charge in [0, 0.05) is 25.1 Å². The number of fused-ring (bicyclic) bond motifs is 1. The Balaban J connectivity index is 1.92. The van der Waals surface area contributed by atoms with Crippen LogP contribution in [0, 0.1) is 11.8 Å². The van der Waals surface area contributed by atoms with Crippen LogP contribution in [0.25, 0.3) is 10.8 Å². The number of carbonyl (C=O) groups excluding carboxylic acids is 1. The number of aromatic nitrogens is 2.